The average molecular weight is 328 g/mol. The summed E-state index contributed by atoms with van der Waals surface area (Å²) in [6, 6.07) is 20.2. The van der Waals surface area contributed by atoms with Gasteiger partial charge in [-0.3, -0.25) is 0 Å². The van der Waals surface area contributed by atoms with Gasteiger partial charge in [0.1, 0.15) is 16.8 Å². The SMILES string of the molecule is N#C/C(=C\c1ccco1)c1nc(-c2cccc3ccccc23)cs1. The van der Waals surface area contributed by atoms with Gasteiger partial charge < -0.3 is 4.42 Å². The van der Waals surface area contributed by atoms with Crippen molar-refractivity contribution in [2.45, 2.75) is 0 Å². The van der Waals surface area contributed by atoms with Crippen molar-refractivity contribution < 1.29 is 4.42 Å². The van der Waals surface area contributed by atoms with Gasteiger partial charge in [0.05, 0.1) is 17.5 Å². The molecule has 0 saturated heterocycles. The van der Waals surface area contributed by atoms with Crippen LogP contribution < -0.4 is 0 Å². The molecule has 0 radical (unpaired) electrons. The van der Waals surface area contributed by atoms with Crippen molar-refractivity contribution in [2.75, 3.05) is 0 Å². The number of thiazole rings is 1. The summed E-state index contributed by atoms with van der Waals surface area (Å²) in [4.78, 5) is 4.67. The molecule has 24 heavy (non-hydrogen) atoms. The first-order chi connectivity index (χ1) is 11.8. The molecule has 0 spiro atoms. The van der Waals surface area contributed by atoms with Gasteiger partial charge in [-0.15, -0.1) is 11.3 Å². The molecular weight excluding hydrogens is 316 g/mol. The Morgan fingerprint density at radius 2 is 1.96 bits per heavy atom. The first kappa shape index (κ1) is 14.4. The average Bonchev–Trinajstić information content (AvgIpc) is 3.31. The molecule has 3 nitrogen and oxygen atoms in total. The van der Waals surface area contributed by atoms with Gasteiger partial charge in [-0.25, -0.2) is 4.98 Å². The van der Waals surface area contributed by atoms with Crippen molar-refractivity contribution in [3.8, 4) is 17.3 Å². The molecule has 0 N–H and O–H groups in total. The number of aromatic nitrogens is 1. The van der Waals surface area contributed by atoms with E-state index in [2.05, 4.69) is 35.3 Å². The van der Waals surface area contributed by atoms with Gasteiger partial charge in [0.25, 0.3) is 0 Å². The van der Waals surface area contributed by atoms with Crippen LogP contribution in [0.1, 0.15) is 10.8 Å². The topological polar surface area (TPSA) is 49.8 Å². The molecule has 114 valence electrons. The number of hydrogen-bond donors (Lipinski definition) is 0. The Balaban J connectivity index is 1.78. The molecule has 0 atom stereocenters. The summed E-state index contributed by atoms with van der Waals surface area (Å²) < 4.78 is 5.29. The van der Waals surface area contributed by atoms with Crippen LogP contribution in [0.5, 0.6) is 0 Å². The van der Waals surface area contributed by atoms with E-state index in [0.717, 1.165) is 16.6 Å². The predicted molar refractivity (Wildman–Crippen MR) is 97.2 cm³/mol. The maximum absolute atomic E-state index is 9.44. The molecule has 2 aromatic carbocycles. The fraction of sp³-hybridized carbons (Fsp3) is 0. The van der Waals surface area contributed by atoms with Gasteiger partial charge in [-0.1, -0.05) is 42.5 Å². The van der Waals surface area contributed by atoms with Crippen molar-refractivity contribution >= 4 is 33.8 Å². The van der Waals surface area contributed by atoms with Gasteiger partial charge in [-0.05, 0) is 22.9 Å². The fourth-order valence-corrected chi connectivity index (χ4v) is 3.41. The first-order valence-electron chi connectivity index (χ1n) is 7.44. The molecule has 4 heteroatoms. The molecule has 0 aliphatic heterocycles. The lowest BCUT2D eigenvalue weighted by molar-refractivity contribution is 0.557. The number of benzene rings is 2. The lowest BCUT2D eigenvalue weighted by atomic mass is 10.0. The summed E-state index contributed by atoms with van der Waals surface area (Å²) in [6.45, 7) is 0. The van der Waals surface area contributed by atoms with E-state index in [4.69, 9.17) is 4.42 Å². The Morgan fingerprint density at radius 1 is 1.08 bits per heavy atom. The van der Waals surface area contributed by atoms with E-state index >= 15 is 0 Å². The third-order valence-corrected chi connectivity index (χ3v) is 4.63. The van der Waals surface area contributed by atoms with E-state index in [1.54, 1.807) is 18.4 Å². The fourth-order valence-electron chi connectivity index (χ4n) is 2.63. The van der Waals surface area contributed by atoms with E-state index < -0.39 is 0 Å². The number of fused-ring (bicyclic) bond motifs is 1. The summed E-state index contributed by atoms with van der Waals surface area (Å²) in [5.41, 5.74) is 2.46. The number of nitriles is 1. The molecule has 0 aliphatic rings. The van der Waals surface area contributed by atoms with Crippen molar-refractivity contribution in [1.29, 1.82) is 5.26 Å². The van der Waals surface area contributed by atoms with E-state index in [0.29, 0.717) is 16.3 Å². The predicted octanol–water partition coefficient (Wildman–Crippen LogP) is 5.62. The number of nitrogens with zero attached hydrogens (tertiary/aromatic N) is 2. The molecule has 2 heterocycles. The van der Waals surface area contributed by atoms with Crippen LogP contribution >= 0.6 is 11.3 Å². The van der Waals surface area contributed by atoms with Crippen LogP contribution in [-0.2, 0) is 0 Å². The van der Waals surface area contributed by atoms with Gasteiger partial charge in [0.15, 0.2) is 0 Å². The van der Waals surface area contributed by atoms with E-state index in [-0.39, 0.29) is 0 Å². The molecule has 0 amide bonds. The van der Waals surface area contributed by atoms with Crippen LogP contribution in [-0.4, -0.2) is 4.98 Å². The Morgan fingerprint density at radius 3 is 2.79 bits per heavy atom. The summed E-state index contributed by atoms with van der Waals surface area (Å²) in [5.74, 6) is 0.647. The zero-order chi connectivity index (χ0) is 16.4. The Labute approximate surface area is 143 Å². The van der Waals surface area contributed by atoms with Gasteiger partial charge in [0.2, 0.25) is 0 Å². The van der Waals surface area contributed by atoms with E-state index in [1.165, 1.54) is 16.7 Å². The quantitative estimate of drug-likeness (QED) is 0.459. The maximum atomic E-state index is 9.44. The van der Waals surface area contributed by atoms with Crippen LogP contribution in [0, 0.1) is 11.3 Å². The molecule has 4 rings (SSSR count). The molecule has 0 aliphatic carbocycles. The van der Waals surface area contributed by atoms with Crippen molar-refractivity contribution in [3.05, 3.63) is 77.0 Å². The highest BCUT2D eigenvalue weighted by Gasteiger charge is 2.11. The standard InChI is InChI=1S/C20H12N2OS/c21-12-15(11-16-7-4-10-23-16)20-22-19(13-24-20)18-9-3-6-14-5-1-2-8-17(14)18/h1-11,13H/b15-11+. The van der Waals surface area contributed by atoms with Gasteiger partial charge in [0, 0.05) is 17.0 Å². The van der Waals surface area contributed by atoms with Crippen LogP contribution in [0.3, 0.4) is 0 Å². The van der Waals surface area contributed by atoms with E-state index in [9.17, 15) is 5.26 Å². The second-order valence-corrected chi connectivity index (χ2v) is 6.11. The third kappa shape index (κ3) is 2.62. The molecule has 2 aromatic heterocycles. The number of furan rings is 1. The summed E-state index contributed by atoms with van der Waals surface area (Å²) in [7, 11) is 0. The minimum Gasteiger partial charge on any atom is -0.465 e. The zero-order valence-electron chi connectivity index (χ0n) is 12.6. The lowest BCUT2D eigenvalue weighted by Gasteiger charge is -2.03. The normalized spacial score (nSPS) is 11.5. The number of allylic oxidation sites excluding steroid dienone is 1. The van der Waals surface area contributed by atoms with Crippen LogP contribution in [0.15, 0.2) is 70.7 Å². The summed E-state index contributed by atoms with van der Waals surface area (Å²) in [6.07, 6.45) is 3.30. The highest BCUT2D eigenvalue weighted by atomic mass is 32.1. The van der Waals surface area contributed by atoms with Gasteiger partial charge in [-0.2, -0.15) is 5.26 Å². The highest BCUT2D eigenvalue weighted by Crippen LogP contribution is 2.31. The first-order valence-corrected chi connectivity index (χ1v) is 8.32. The van der Waals surface area contributed by atoms with Crippen molar-refractivity contribution in [1.82, 2.24) is 4.98 Å². The van der Waals surface area contributed by atoms with Crippen LogP contribution in [0.25, 0.3) is 33.7 Å². The largest absolute Gasteiger partial charge is 0.465 e. The molecule has 4 aromatic rings. The van der Waals surface area contributed by atoms with Crippen molar-refractivity contribution in [3.63, 3.8) is 0 Å². The maximum Gasteiger partial charge on any atom is 0.134 e. The van der Waals surface area contributed by atoms with Crippen LogP contribution in [0.2, 0.25) is 0 Å². The second kappa shape index (κ2) is 6.15. The minimum atomic E-state index is 0.501. The third-order valence-electron chi connectivity index (χ3n) is 3.75. The zero-order valence-corrected chi connectivity index (χ0v) is 13.5. The molecule has 0 saturated carbocycles. The Hall–Kier alpha value is -3.16. The van der Waals surface area contributed by atoms with Gasteiger partial charge >= 0.3 is 0 Å². The number of hydrogen-bond acceptors (Lipinski definition) is 4. The van der Waals surface area contributed by atoms with Crippen molar-refractivity contribution in [2.24, 2.45) is 0 Å². The molecule has 0 unspecified atom stereocenters. The smallest absolute Gasteiger partial charge is 0.134 e. The second-order valence-electron chi connectivity index (χ2n) is 5.25. The number of rotatable bonds is 3. The Kier molecular flexibility index (Phi) is 3.70. The minimum absolute atomic E-state index is 0.501. The molecule has 0 bridgehead atoms. The summed E-state index contributed by atoms with van der Waals surface area (Å²) in [5, 5.41) is 14.5. The Bertz CT molecular complexity index is 1060. The molecular formula is C20H12N2OS. The van der Waals surface area contributed by atoms with Crippen LogP contribution in [0.4, 0.5) is 0 Å². The summed E-state index contributed by atoms with van der Waals surface area (Å²) >= 11 is 1.46. The molecule has 0 fully saturated rings. The highest BCUT2D eigenvalue weighted by molar-refractivity contribution is 7.11. The lowest BCUT2D eigenvalue weighted by Crippen LogP contribution is -1.84. The monoisotopic (exact) mass is 328 g/mol. The van der Waals surface area contributed by atoms with E-state index in [1.807, 2.05) is 29.6 Å².